The van der Waals surface area contributed by atoms with Crippen LogP contribution in [-0.4, -0.2) is 5.11 Å². The van der Waals surface area contributed by atoms with E-state index in [0.717, 1.165) is 29.5 Å². The van der Waals surface area contributed by atoms with Gasteiger partial charge in [0.15, 0.2) is 0 Å². The van der Waals surface area contributed by atoms with E-state index in [1.165, 1.54) is 16.7 Å². The fraction of sp³-hybridized carbons (Fsp3) is 0.467. The van der Waals surface area contributed by atoms with Gasteiger partial charge >= 0.3 is 0 Å². The van der Waals surface area contributed by atoms with Crippen LogP contribution in [0.3, 0.4) is 0 Å². The summed E-state index contributed by atoms with van der Waals surface area (Å²) in [5.74, 6) is 0.416. The molecule has 1 aromatic rings. The minimum absolute atomic E-state index is 0.416. The van der Waals surface area contributed by atoms with Crippen LogP contribution >= 0.6 is 0 Å². The molecule has 0 spiro atoms. The highest BCUT2D eigenvalue weighted by molar-refractivity contribution is 5.74. The minimum atomic E-state index is 0.416. The van der Waals surface area contributed by atoms with Crippen LogP contribution in [0.2, 0.25) is 0 Å². The number of hydrogen-bond donors (Lipinski definition) is 1. The number of hydrogen-bond acceptors (Lipinski definition) is 1. The zero-order valence-electron chi connectivity index (χ0n) is 11.1. The largest absolute Gasteiger partial charge is 0.507 e. The van der Waals surface area contributed by atoms with Gasteiger partial charge in [-0.15, -0.1) is 0 Å². The Morgan fingerprint density at radius 1 is 1.00 bits per heavy atom. The molecule has 0 fully saturated rings. The third-order valence-corrected chi connectivity index (χ3v) is 3.56. The standard InChI is InChI=1S/C15H22O/c1-7-8-9(2)14-12(5)10(3)11(4)13(6)15(14)16/h16H,2,7-8H2,1,3-6H3. The van der Waals surface area contributed by atoms with Crippen molar-refractivity contribution < 1.29 is 5.11 Å². The van der Waals surface area contributed by atoms with Crippen LogP contribution in [0.15, 0.2) is 6.58 Å². The van der Waals surface area contributed by atoms with E-state index in [2.05, 4.69) is 34.3 Å². The van der Waals surface area contributed by atoms with Gasteiger partial charge in [-0.3, -0.25) is 0 Å². The maximum atomic E-state index is 10.2. The Morgan fingerprint density at radius 2 is 1.50 bits per heavy atom. The minimum Gasteiger partial charge on any atom is -0.507 e. The summed E-state index contributed by atoms with van der Waals surface area (Å²) in [4.78, 5) is 0. The number of benzene rings is 1. The number of rotatable bonds is 3. The Kier molecular flexibility index (Phi) is 3.79. The van der Waals surface area contributed by atoms with E-state index in [1.807, 2.05) is 6.92 Å². The van der Waals surface area contributed by atoms with Crippen LogP contribution in [-0.2, 0) is 0 Å². The normalized spacial score (nSPS) is 10.6. The van der Waals surface area contributed by atoms with E-state index < -0.39 is 0 Å². The van der Waals surface area contributed by atoms with E-state index in [4.69, 9.17) is 0 Å². The van der Waals surface area contributed by atoms with E-state index in [-0.39, 0.29) is 0 Å². The summed E-state index contributed by atoms with van der Waals surface area (Å²) in [6, 6.07) is 0. The van der Waals surface area contributed by atoms with Gasteiger partial charge in [-0.25, -0.2) is 0 Å². The first-order valence-electron chi connectivity index (χ1n) is 5.89. The number of phenolic OH excluding ortho intramolecular Hbond substituents is 1. The molecule has 1 heteroatoms. The lowest BCUT2D eigenvalue weighted by Crippen LogP contribution is -1.98. The van der Waals surface area contributed by atoms with Crippen LogP contribution in [0.4, 0.5) is 0 Å². The average Bonchev–Trinajstić information content (AvgIpc) is 2.24. The molecule has 0 aliphatic carbocycles. The fourth-order valence-corrected chi connectivity index (χ4v) is 2.15. The monoisotopic (exact) mass is 218 g/mol. The van der Waals surface area contributed by atoms with Crippen molar-refractivity contribution in [3.05, 3.63) is 34.4 Å². The molecule has 16 heavy (non-hydrogen) atoms. The second kappa shape index (κ2) is 4.73. The molecule has 0 aromatic heterocycles. The molecular weight excluding hydrogens is 196 g/mol. The van der Waals surface area contributed by atoms with Gasteiger partial charge < -0.3 is 5.11 Å². The first-order valence-corrected chi connectivity index (χ1v) is 5.89. The van der Waals surface area contributed by atoms with Gasteiger partial charge in [-0.1, -0.05) is 19.9 Å². The number of aromatic hydroxyl groups is 1. The molecule has 0 aliphatic heterocycles. The third-order valence-electron chi connectivity index (χ3n) is 3.56. The van der Waals surface area contributed by atoms with Crippen molar-refractivity contribution in [2.24, 2.45) is 0 Å². The summed E-state index contributed by atoms with van der Waals surface area (Å²) < 4.78 is 0. The Hall–Kier alpha value is -1.24. The molecule has 0 unspecified atom stereocenters. The van der Waals surface area contributed by atoms with E-state index >= 15 is 0 Å². The lowest BCUT2D eigenvalue weighted by molar-refractivity contribution is 0.467. The molecule has 0 amide bonds. The highest BCUT2D eigenvalue weighted by atomic mass is 16.3. The van der Waals surface area contributed by atoms with Crippen LogP contribution < -0.4 is 0 Å². The predicted octanol–water partition coefficient (Wildman–Crippen LogP) is 4.44. The van der Waals surface area contributed by atoms with Gasteiger partial charge in [0.2, 0.25) is 0 Å². The van der Waals surface area contributed by atoms with Gasteiger partial charge in [0.1, 0.15) is 5.75 Å². The van der Waals surface area contributed by atoms with Crippen LogP contribution in [0.1, 0.15) is 47.6 Å². The van der Waals surface area contributed by atoms with Gasteiger partial charge in [0.05, 0.1) is 0 Å². The Labute approximate surface area is 98.8 Å². The first kappa shape index (κ1) is 12.8. The van der Waals surface area contributed by atoms with Crippen molar-refractivity contribution in [3.63, 3.8) is 0 Å². The topological polar surface area (TPSA) is 20.2 Å². The smallest absolute Gasteiger partial charge is 0.126 e. The molecule has 0 bridgehead atoms. The second-order valence-electron chi connectivity index (χ2n) is 4.58. The maximum Gasteiger partial charge on any atom is 0.126 e. The molecule has 1 nitrogen and oxygen atoms in total. The zero-order chi connectivity index (χ0) is 12.5. The molecule has 0 saturated carbocycles. The quantitative estimate of drug-likeness (QED) is 0.795. The predicted molar refractivity (Wildman–Crippen MR) is 71.0 cm³/mol. The molecule has 0 heterocycles. The first-order chi connectivity index (χ1) is 7.41. The van der Waals surface area contributed by atoms with E-state index in [0.29, 0.717) is 5.75 Å². The summed E-state index contributed by atoms with van der Waals surface area (Å²) in [6.45, 7) is 14.4. The number of allylic oxidation sites excluding steroid dienone is 1. The molecule has 1 rings (SSSR count). The molecule has 1 aromatic carbocycles. The Bertz CT molecular complexity index is 399. The molecule has 88 valence electrons. The van der Waals surface area contributed by atoms with Crippen LogP contribution in [0, 0.1) is 27.7 Å². The fourth-order valence-electron chi connectivity index (χ4n) is 2.15. The van der Waals surface area contributed by atoms with Crippen molar-refractivity contribution in [1.82, 2.24) is 0 Å². The Morgan fingerprint density at radius 3 is 2.00 bits per heavy atom. The van der Waals surface area contributed by atoms with Crippen molar-refractivity contribution in [3.8, 4) is 5.75 Å². The third kappa shape index (κ3) is 1.99. The molecule has 0 atom stereocenters. The Balaban J connectivity index is 3.45. The van der Waals surface area contributed by atoms with Gasteiger partial charge in [0.25, 0.3) is 0 Å². The van der Waals surface area contributed by atoms with Gasteiger partial charge in [0, 0.05) is 5.56 Å². The van der Waals surface area contributed by atoms with E-state index in [1.54, 1.807) is 0 Å². The van der Waals surface area contributed by atoms with Crippen LogP contribution in [0.5, 0.6) is 5.75 Å². The van der Waals surface area contributed by atoms with Crippen LogP contribution in [0.25, 0.3) is 5.57 Å². The highest BCUT2D eigenvalue weighted by Crippen LogP contribution is 2.37. The van der Waals surface area contributed by atoms with Crippen molar-refractivity contribution in [2.75, 3.05) is 0 Å². The average molecular weight is 218 g/mol. The zero-order valence-corrected chi connectivity index (χ0v) is 11.1. The summed E-state index contributed by atoms with van der Waals surface area (Å²) in [5.41, 5.74) is 6.60. The van der Waals surface area contributed by atoms with E-state index in [9.17, 15) is 5.11 Å². The summed E-state index contributed by atoms with van der Waals surface area (Å²) in [6.07, 6.45) is 2.00. The van der Waals surface area contributed by atoms with Gasteiger partial charge in [-0.2, -0.15) is 0 Å². The molecule has 0 aliphatic rings. The lowest BCUT2D eigenvalue weighted by Gasteiger charge is -2.18. The SMILES string of the molecule is C=C(CCC)c1c(C)c(C)c(C)c(C)c1O. The van der Waals surface area contributed by atoms with Crippen molar-refractivity contribution in [1.29, 1.82) is 0 Å². The second-order valence-corrected chi connectivity index (χ2v) is 4.58. The number of phenols is 1. The lowest BCUT2D eigenvalue weighted by atomic mass is 9.89. The van der Waals surface area contributed by atoms with Crippen molar-refractivity contribution >= 4 is 5.57 Å². The van der Waals surface area contributed by atoms with Crippen molar-refractivity contribution in [2.45, 2.75) is 47.5 Å². The summed E-state index contributed by atoms with van der Waals surface area (Å²) in [5, 5.41) is 10.2. The maximum absolute atomic E-state index is 10.2. The molecular formula is C15H22O. The molecule has 0 saturated heterocycles. The summed E-state index contributed by atoms with van der Waals surface area (Å²) in [7, 11) is 0. The molecule has 1 N–H and O–H groups in total. The van der Waals surface area contributed by atoms with Gasteiger partial charge in [-0.05, 0) is 61.9 Å². The summed E-state index contributed by atoms with van der Waals surface area (Å²) >= 11 is 0. The highest BCUT2D eigenvalue weighted by Gasteiger charge is 2.15. The molecule has 0 radical (unpaired) electrons.